The minimum Gasteiger partial charge on any atom is -0.486 e. The highest BCUT2D eigenvalue weighted by Gasteiger charge is 2.26. The molecule has 0 spiro atoms. The molecule has 1 aliphatic rings. The van der Waals surface area contributed by atoms with Crippen molar-refractivity contribution in [3.63, 3.8) is 0 Å². The number of ether oxygens (including phenoxy) is 2. The molecule has 0 fully saturated rings. The molecule has 124 valence electrons. The van der Waals surface area contributed by atoms with Crippen LogP contribution >= 0.6 is 12.4 Å². The van der Waals surface area contributed by atoms with E-state index in [1.54, 1.807) is 0 Å². The summed E-state index contributed by atoms with van der Waals surface area (Å²) in [6.07, 6.45) is 0.771. The van der Waals surface area contributed by atoms with Crippen LogP contribution in [0, 0.1) is 5.92 Å². The predicted octanol–water partition coefficient (Wildman–Crippen LogP) is 2.08. The summed E-state index contributed by atoms with van der Waals surface area (Å²) in [6.45, 7) is 5.99. The molecular formula is C16H25ClN2O3. The van der Waals surface area contributed by atoms with Crippen LogP contribution in [0.3, 0.4) is 0 Å². The van der Waals surface area contributed by atoms with Crippen molar-refractivity contribution in [2.75, 3.05) is 26.2 Å². The van der Waals surface area contributed by atoms with Crippen LogP contribution in [0.4, 0.5) is 0 Å². The summed E-state index contributed by atoms with van der Waals surface area (Å²) in [4.78, 5) is 14.2. The number of nitrogens with zero attached hydrogens (tertiary/aromatic N) is 1. The number of hydrogen-bond donors (Lipinski definition) is 1. The molecule has 1 amide bonds. The molecule has 0 radical (unpaired) electrons. The topological polar surface area (TPSA) is 64.8 Å². The van der Waals surface area contributed by atoms with E-state index in [-0.39, 0.29) is 30.3 Å². The van der Waals surface area contributed by atoms with Crippen molar-refractivity contribution in [3.8, 4) is 11.5 Å². The normalized spacial score (nSPS) is 17.3. The average molecular weight is 329 g/mol. The van der Waals surface area contributed by atoms with Gasteiger partial charge in [0.1, 0.15) is 6.61 Å². The van der Waals surface area contributed by atoms with Gasteiger partial charge < -0.3 is 20.1 Å². The van der Waals surface area contributed by atoms with E-state index in [2.05, 4.69) is 6.92 Å². The molecule has 0 aliphatic carbocycles. The van der Waals surface area contributed by atoms with Crippen LogP contribution < -0.4 is 15.2 Å². The maximum Gasteiger partial charge on any atom is 0.226 e. The van der Waals surface area contributed by atoms with Crippen LogP contribution in [-0.4, -0.2) is 43.2 Å². The molecule has 0 saturated heterocycles. The van der Waals surface area contributed by atoms with Gasteiger partial charge >= 0.3 is 0 Å². The zero-order valence-electron chi connectivity index (χ0n) is 13.2. The molecule has 5 nitrogen and oxygen atoms in total. The van der Waals surface area contributed by atoms with Gasteiger partial charge in [-0.15, -0.1) is 12.4 Å². The number of hydrogen-bond acceptors (Lipinski definition) is 4. The lowest BCUT2D eigenvalue weighted by molar-refractivity contribution is -0.136. The monoisotopic (exact) mass is 328 g/mol. The Morgan fingerprint density at radius 2 is 2.09 bits per heavy atom. The molecular weight excluding hydrogens is 304 g/mol. The van der Waals surface area contributed by atoms with Crippen LogP contribution in [0.1, 0.15) is 20.3 Å². The van der Waals surface area contributed by atoms with Gasteiger partial charge in [0.25, 0.3) is 0 Å². The first kappa shape index (κ1) is 18.6. The fourth-order valence-electron chi connectivity index (χ4n) is 2.37. The van der Waals surface area contributed by atoms with E-state index in [0.29, 0.717) is 26.2 Å². The molecule has 2 atom stereocenters. The highest BCUT2D eigenvalue weighted by atomic mass is 35.5. The van der Waals surface area contributed by atoms with Crippen molar-refractivity contribution >= 4 is 18.3 Å². The summed E-state index contributed by atoms with van der Waals surface area (Å²) in [5.74, 6) is 1.43. The van der Waals surface area contributed by atoms with Crippen molar-refractivity contribution < 1.29 is 14.3 Å². The van der Waals surface area contributed by atoms with E-state index in [0.717, 1.165) is 17.9 Å². The summed E-state index contributed by atoms with van der Waals surface area (Å²) in [5, 5.41) is 0. The first-order valence-corrected chi connectivity index (χ1v) is 7.53. The largest absolute Gasteiger partial charge is 0.486 e. The van der Waals surface area contributed by atoms with E-state index < -0.39 is 0 Å². The number of fused-ring (bicyclic) bond motifs is 1. The Kier molecular flexibility index (Phi) is 7.48. The van der Waals surface area contributed by atoms with Gasteiger partial charge in [-0.05, 0) is 18.6 Å². The number of carbonyl (C=O) groups excluding carboxylic acids is 1. The van der Waals surface area contributed by atoms with Crippen molar-refractivity contribution in [2.24, 2.45) is 11.7 Å². The maximum atomic E-state index is 12.3. The SMILES string of the molecule is CCCN(CC1COc2ccccc2O1)C(=O)C(C)CN.Cl. The van der Waals surface area contributed by atoms with E-state index in [9.17, 15) is 4.79 Å². The van der Waals surface area contributed by atoms with E-state index in [1.807, 2.05) is 36.1 Å². The molecule has 0 bridgehead atoms. The molecule has 1 aliphatic heterocycles. The molecule has 22 heavy (non-hydrogen) atoms. The summed E-state index contributed by atoms with van der Waals surface area (Å²) >= 11 is 0. The number of rotatable bonds is 6. The molecule has 0 saturated carbocycles. The maximum absolute atomic E-state index is 12.3. The highest BCUT2D eigenvalue weighted by molar-refractivity contribution is 5.85. The molecule has 2 N–H and O–H groups in total. The number of amides is 1. The molecule has 1 aromatic carbocycles. The van der Waals surface area contributed by atoms with Gasteiger partial charge in [-0.3, -0.25) is 4.79 Å². The van der Waals surface area contributed by atoms with Crippen LogP contribution in [0.5, 0.6) is 11.5 Å². The predicted molar refractivity (Wildman–Crippen MR) is 88.7 cm³/mol. The first-order chi connectivity index (χ1) is 10.2. The molecule has 1 aromatic rings. The second-order valence-corrected chi connectivity index (χ2v) is 5.42. The molecule has 1 heterocycles. The Hall–Kier alpha value is -1.46. The summed E-state index contributed by atoms with van der Waals surface area (Å²) in [5.41, 5.74) is 5.60. The number of para-hydroxylation sites is 2. The van der Waals surface area contributed by atoms with Crippen LogP contribution in [0.15, 0.2) is 24.3 Å². The summed E-state index contributed by atoms with van der Waals surface area (Å²) < 4.78 is 11.6. The lowest BCUT2D eigenvalue weighted by atomic mass is 10.1. The average Bonchev–Trinajstić information content (AvgIpc) is 2.53. The number of carbonyl (C=O) groups is 1. The summed E-state index contributed by atoms with van der Waals surface area (Å²) in [6, 6.07) is 7.60. The van der Waals surface area contributed by atoms with Crippen molar-refractivity contribution in [3.05, 3.63) is 24.3 Å². The summed E-state index contributed by atoms with van der Waals surface area (Å²) in [7, 11) is 0. The second-order valence-electron chi connectivity index (χ2n) is 5.42. The van der Waals surface area contributed by atoms with Gasteiger partial charge in [-0.25, -0.2) is 0 Å². The van der Waals surface area contributed by atoms with Gasteiger partial charge in [0, 0.05) is 19.0 Å². The smallest absolute Gasteiger partial charge is 0.226 e. The number of benzene rings is 1. The van der Waals surface area contributed by atoms with E-state index in [1.165, 1.54) is 0 Å². The van der Waals surface area contributed by atoms with E-state index in [4.69, 9.17) is 15.2 Å². The van der Waals surface area contributed by atoms with Gasteiger partial charge in [0.2, 0.25) is 5.91 Å². The van der Waals surface area contributed by atoms with Crippen LogP contribution in [-0.2, 0) is 4.79 Å². The Balaban J connectivity index is 0.00000242. The molecule has 2 unspecified atom stereocenters. The fraction of sp³-hybridized carbons (Fsp3) is 0.562. The first-order valence-electron chi connectivity index (χ1n) is 7.53. The minimum atomic E-state index is -0.159. The zero-order chi connectivity index (χ0) is 15.2. The Bertz CT molecular complexity index is 484. The van der Waals surface area contributed by atoms with Gasteiger partial charge in [-0.2, -0.15) is 0 Å². The fourth-order valence-corrected chi connectivity index (χ4v) is 2.37. The molecule has 6 heteroatoms. The number of nitrogens with two attached hydrogens (primary N) is 1. The van der Waals surface area contributed by atoms with Crippen LogP contribution in [0.25, 0.3) is 0 Å². The second kappa shape index (κ2) is 8.86. The Labute approximate surface area is 138 Å². The third kappa shape index (κ3) is 4.52. The quantitative estimate of drug-likeness (QED) is 0.868. The van der Waals surface area contributed by atoms with Gasteiger partial charge in [-0.1, -0.05) is 26.0 Å². The van der Waals surface area contributed by atoms with Crippen molar-refractivity contribution in [2.45, 2.75) is 26.4 Å². The third-order valence-electron chi connectivity index (χ3n) is 3.57. The third-order valence-corrected chi connectivity index (χ3v) is 3.57. The molecule has 0 aromatic heterocycles. The van der Waals surface area contributed by atoms with Gasteiger partial charge in [0.15, 0.2) is 17.6 Å². The standard InChI is InChI=1S/C16H24N2O3.ClH/c1-3-8-18(16(19)12(2)9-17)10-13-11-20-14-6-4-5-7-15(14)21-13;/h4-7,12-13H,3,8-11,17H2,1-2H3;1H. The van der Waals surface area contributed by atoms with Crippen LogP contribution in [0.2, 0.25) is 0 Å². The lowest BCUT2D eigenvalue weighted by Gasteiger charge is -2.32. The Morgan fingerprint density at radius 3 is 2.73 bits per heavy atom. The van der Waals surface area contributed by atoms with Gasteiger partial charge in [0.05, 0.1) is 6.54 Å². The lowest BCUT2D eigenvalue weighted by Crippen LogP contribution is -2.46. The minimum absolute atomic E-state index is 0. The van der Waals surface area contributed by atoms with Crippen molar-refractivity contribution in [1.29, 1.82) is 0 Å². The molecule has 2 rings (SSSR count). The van der Waals surface area contributed by atoms with E-state index >= 15 is 0 Å². The Morgan fingerprint density at radius 1 is 1.41 bits per heavy atom. The zero-order valence-corrected chi connectivity index (χ0v) is 14.0. The highest BCUT2D eigenvalue weighted by Crippen LogP contribution is 2.31. The van der Waals surface area contributed by atoms with Crippen molar-refractivity contribution in [1.82, 2.24) is 4.90 Å². The number of halogens is 1.